The highest BCUT2D eigenvalue weighted by atomic mass is 35.5. The van der Waals surface area contributed by atoms with Crippen LogP contribution < -0.4 is 10.6 Å². The average Bonchev–Trinajstić information content (AvgIpc) is 2.55. The topological polar surface area (TPSA) is 92.7 Å². The van der Waals surface area contributed by atoms with Crippen LogP contribution in [0.2, 0.25) is 5.02 Å². The van der Waals surface area contributed by atoms with E-state index in [9.17, 15) is 4.79 Å². The number of nitrogens with zero attached hydrogens (tertiary/aromatic N) is 4. The summed E-state index contributed by atoms with van der Waals surface area (Å²) in [7, 11) is 0. The van der Waals surface area contributed by atoms with Gasteiger partial charge < -0.3 is 10.6 Å². The minimum atomic E-state index is -0.296. The third-order valence-corrected chi connectivity index (χ3v) is 3.26. The molecule has 8 heteroatoms. The van der Waals surface area contributed by atoms with Gasteiger partial charge in [-0.1, -0.05) is 25.4 Å². The first-order valence-corrected chi connectivity index (χ1v) is 7.77. The minimum Gasteiger partial charge on any atom is -0.354 e. The summed E-state index contributed by atoms with van der Waals surface area (Å²) < 4.78 is 0. The second kappa shape index (κ2) is 8.38. The van der Waals surface area contributed by atoms with E-state index in [1.54, 1.807) is 18.5 Å². The van der Waals surface area contributed by atoms with E-state index in [4.69, 9.17) is 11.6 Å². The van der Waals surface area contributed by atoms with Gasteiger partial charge in [0.15, 0.2) is 0 Å². The molecule has 0 aromatic carbocycles. The number of carbonyl (C=O) groups excluding carboxylic acids is 1. The standard InChI is InChI=1S/C15H19ClN6O/c1-10(2)13-21-9-11(16)12(22-13)14(23)17-5-3-6-18-15-19-7-4-8-20-15/h4,7-10H,3,5-6H2,1-2H3,(H,17,23)(H,18,19,20). The first-order chi connectivity index (χ1) is 11.1. The lowest BCUT2D eigenvalue weighted by atomic mass is 10.2. The molecular weight excluding hydrogens is 316 g/mol. The monoisotopic (exact) mass is 334 g/mol. The molecule has 2 N–H and O–H groups in total. The van der Waals surface area contributed by atoms with Crippen LogP contribution in [0.5, 0.6) is 0 Å². The van der Waals surface area contributed by atoms with Crippen molar-refractivity contribution in [1.29, 1.82) is 0 Å². The number of hydrogen-bond donors (Lipinski definition) is 2. The lowest BCUT2D eigenvalue weighted by Crippen LogP contribution is -2.27. The maximum atomic E-state index is 12.1. The molecule has 2 rings (SSSR count). The van der Waals surface area contributed by atoms with E-state index < -0.39 is 0 Å². The minimum absolute atomic E-state index is 0.133. The molecule has 0 bridgehead atoms. The van der Waals surface area contributed by atoms with Gasteiger partial charge in [-0.2, -0.15) is 0 Å². The summed E-state index contributed by atoms with van der Waals surface area (Å²) in [6.07, 6.45) is 5.53. The zero-order valence-corrected chi connectivity index (χ0v) is 13.8. The van der Waals surface area contributed by atoms with Crippen molar-refractivity contribution in [2.75, 3.05) is 18.4 Å². The normalized spacial score (nSPS) is 10.6. The summed E-state index contributed by atoms with van der Waals surface area (Å²) in [5.74, 6) is 1.01. The van der Waals surface area contributed by atoms with Crippen LogP contribution in [0.3, 0.4) is 0 Å². The summed E-state index contributed by atoms with van der Waals surface area (Å²) in [6, 6.07) is 1.75. The first kappa shape index (κ1) is 17.1. The molecule has 1 amide bonds. The fourth-order valence-electron chi connectivity index (χ4n) is 1.78. The molecule has 7 nitrogen and oxygen atoms in total. The summed E-state index contributed by atoms with van der Waals surface area (Å²) in [4.78, 5) is 28.6. The maximum absolute atomic E-state index is 12.1. The Morgan fingerprint density at radius 2 is 1.96 bits per heavy atom. The lowest BCUT2D eigenvalue weighted by molar-refractivity contribution is 0.0948. The molecular formula is C15H19ClN6O. The summed E-state index contributed by atoms with van der Waals surface area (Å²) in [5, 5.41) is 6.12. The van der Waals surface area contributed by atoms with Crippen molar-refractivity contribution in [3.63, 3.8) is 0 Å². The zero-order valence-electron chi connectivity index (χ0n) is 13.1. The molecule has 0 radical (unpaired) electrons. The van der Waals surface area contributed by atoms with Crippen molar-refractivity contribution in [3.05, 3.63) is 41.2 Å². The van der Waals surface area contributed by atoms with Crippen LogP contribution in [0.1, 0.15) is 42.5 Å². The number of nitrogens with one attached hydrogen (secondary N) is 2. The molecule has 0 aliphatic rings. The number of halogens is 1. The highest BCUT2D eigenvalue weighted by Crippen LogP contribution is 2.16. The Kier molecular flexibility index (Phi) is 6.22. The molecule has 0 atom stereocenters. The maximum Gasteiger partial charge on any atom is 0.271 e. The van der Waals surface area contributed by atoms with Gasteiger partial charge in [0.25, 0.3) is 5.91 Å². The van der Waals surface area contributed by atoms with Crippen molar-refractivity contribution in [3.8, 4) is 0 Å². The Bertz CT molecular complexity index is 650. The van der Waals surface area contributed by atoms with Crippen LogP contribution in [0, 0.1) is 0 Å². The Balaban J connectivity index is 1.80. The van der Waals surface area contributed by atoms with Gasteiger partial charge in [0.1, 0.15) is 11.5 Å². The van der Waals surface area contributed by atoms with Gasteiger partial charge in [-0.15, -0.1) is 0 Å². The van der Waals surface area contributed by atoms with E-state index in [1.807, 2.05) is 13.8 Å². The molecule has 23 heavy (non-hydrogen) atoms. The van der Waals surface area contributed by atoms with Gasteiger partial charge in [-0.05, 0) is 12.5 Å². The Labute approximate surface area is 139 Å². The van der Waals surface area contributed by atoms with Gasteiger partial charge in [-0.25, -0.2) is 19.9 Å². The predicted octanol–water partition coefficient (Wildman–Crippen LogP) is 2.28. The largest absolute Gasteiger partial charge is 0.354 e. The fraction of sp³-hybridized carbons (Fsp3) is 0.400. The zero-order chi connectivity index (χ0) is 16.7. The Morgan fingerprint density at radius 3 is 2.65 bits per heavy atom. The van der Waals surface area contributed by atoms with Crippen molar-refractivity contribution >= 4 is 23.5 Å². The van der Waals surface area contributed by atoms with Crippen molar-refractivity contribution in [1.82, 2.24) is 25.3 Å². The molecule has 0 unspecified atom stereocenters. The number of aromatic nitrogens is 4. The van der Waals surface area contributed by atoms with Crippen molar-refractivity contribution < 1.29 is 4.79 Å². The number of carbonyl (C=O) groups is 1. The molecule has 2 aromatic heterocycles. The third kappa shape index (κ3) is 5.14. The molecule has 0 fully saturated rings. The Morgan fingerprint density at radius 1 is 1.22 bits per heavy atom. The number of hydrogen-bond acceptors (Lipinski definition) is 6. The summed E-state index contributed by atoms with van der Waals surface area (Å²) in [5.41, 5.74) is 0.213. The van der Waals surface area contributed by atoms with E-state index in [0.29, 0.717) is 24.9 Å². The molecule has 122 valence electrons. The SMILES string of the molecule is CC(C)c1ncc(Cl)c(C(=O)NCCCNc2ncccn2)n1. The number of rotatable bonds is 7. The number of anilines is 1. The molecule has 0 saturated heterocycles. The second-order valence-corrected chi connectivity index (χ2v) is 5.60. The second-order valence-electron chi connectivity index (χ2n) is 5.19. The van der Waals surface area contributed by atoms with Crippen molar-refractivity contribution in [2.45, 2.75) is 26.2 Å². The van der Waals surface area contributed by atoms with Crippen LogP contribution in [0.4, 0.5) is 5.95 Å². The molecule has 0 saturated carbocycles. The quantitative estimate of drug-likeness (QED) is 0.754. The highest BCUT2D eigenvalue weighted by molar-refractivity contribution is 6.33. The lowest BCUT2D eigenvalue weighted by Gasteiger charge is -2.09. The smallest absolute Gasteiger partial charge is 0.271 e. The molecule has 2 heterocycles. The van der Waals surface area contributed by atoms with Gasteiger partial charge >= 0.3 is 0 Å². The van der Waals surface area contributed by atoms with Crippen LogP contribution in [-0.4, -0.2) is 38.9 Å². The van der Waals surface area contributed by atoms with Crippen LogP contribution >= 0.6 is 11.6 Å². The molecule has 0 aliphatic heterocycles. The summed E-state index contributed by atoms with van der Waals surface area (Å²) >= 11 is 6.00. The van der Waals surface area contributed by atoms with Crippen LogP contribution in [0.15, 0.2) is 24.7 Å². The van der Waals surface area contributed by atoms with Gasteiger partial charge in [0.2, 0.25) is 5.95 Å². The van der Waals surface area contributed by atoms with E-state index in [2.05, 4.69) is 30.6 Å². The summed E-state index contributed by atoms with van der Waals surface area (Å²) in [6.45, 7) is 5.07. The Hall–Kier alpha value is -2.28. The third-order valence-electron chi connectivity index (χ3n) is 2.98. The van der Waals surface area contributed by atoms with Crippen LogP contribution in [-0.2, 0) is 0 Å². The fourth-order valence-corrected chi connectivity index (χ4v) is 1.96. The van der Waals surface area contributed by atoms with E-state index in [1.165, 1.54) is 6.20 Å². The first-order valence-electron chi connectivity index (χ1n) is 7.39. The van der Waals surface area contributed by atoms with Crippen molar-refractivity contribution in [2.24, 2.45) is 0 Å². The highest BCUT2D eigenvalue weighted by Gasteiger charge is 2.14. The molecule has 0 spiro atoms. The predicted molar refractivity (Wildman–Crippen MR) is 88.6 cm³/mol. The molecule has 2 aromatic rings. The van der Waals surface area contributed by atoms with Crippen LogP contribution in [0.25, 0.3) is 0 Å². The number of amides is 1. The van der Waals surface area contributed by atoms with E-state index in [-0.39, 0.29) is 22.5 Å². The van der Waals surface area contributed by atoms with E-state index in [0.717, 1.165) is 6.42 Å². The van der Waals surface area contributed by atoms with E-state index >= 15 is 0 Å². The molecule has 0 aliphatic carbocycles. The van der Waals surface area contributed by atoms with Gasteiger partial charge in [0.05, 0.1) is 11.2 Å². The average molecular weight is 335 g/mol. The van der Waals surface area contributed by atoms with Gasteiger partial charge in [0, 0.05) is 31.4 Å². The van der Waals surface area contributed by atoms with Gasteiger partial charge in [-0.3, -0.25) is 4.79 Å².